The van der Waals surface area contributed by atoms with Crippen LogP contribution in [0.25, 0.3) is 0 Å². The van der Waals surface area contributed by atoms with Gasteiger partial charge in [0.15, 0.2) is 5.78 Å². The van der Waals surface area contributed by atoms with Crippen molar-refractivity contribution in [3.05, 3.63) is 34.9 Å². The Labute approximate surface area is 91.6 Å². The number of carbonyl (C=O) groups excluding carboxylic acids is 1. The second-order valence-electron chi connectivity index (χ2n) is 4.35. The van der Waals surface area contributed by atoms with Crippen LogP contribution in [0.1, 0.15) is 45.4 Å². The van der Waals surface area contributed by atoms with Crippen LogP contribution in [-0.2, 0) is 4.79 Å². The van der Waals surface area contributed by atoms with Crippen molar-refractivity contribution >= 4 is 5.78 Å². The molecular formula is C14H18O. The van der Waals surface area contributed by atoms with Gasteiger partial charge in [-0.2, -0.15) is 0 Å². The van der Waals surface area contributed by atoms with Crippen LogP contribution < -0.4 is 0 Å². The monoisotopic (exact) mass is 202 g/mol. The average molecular weight is 202 g/mol. The van der Waals surface area contributed by atoms with E-state index in [0.717, 1.165) is 19.3 Å². The van der Waals surface area contributed by atoms with Gasteiger partial charge in [0.1, 0.15) is 0 Å². The topological polar surface area (TPSA) is 17.1 Å². The maximum atomic E-state index is 11.4. The first-order valence-electron chi connectivity index (χ1n) is 5.90. The molecule has 0 bridgehead atoms. The van der Waals surface area contributed by atoms with Gasteiger partial charge in [-0.1, -0.05) is 12.2 Å². The summed E-state index contributed by atoms with van der Waals surface area (Å²) in [5.74, 6) is 0.315. The first kappa shape index (κ1) is 10.4. The van der Waals surface area contributed by atoms with E-state index in [1.807, 2.05) is 6.08 Å². The minimum absolute atomic E-state index is 0.315. The molecule has 0 N–H and O–H groups in total. The van der Waals surface area contributed by atoms with Gasteiger partial charge in [-0.05, 0) is 61.8 Å². The number of allylic oxidation sites excluding steroid dienone is 6. The number of carbonyl (C=O) groups is 1. The molecule has 2 rings (SSSR count). The van der Waals surface area contributed by atoms with E-state index >= 15 is 0 Å². The summed E-state index contributed by atoms with van der Waals surface area (Å²) >= 11 is 0. The van der Waals surface area contributed by atoms with Crippen molar-refractivity contribution in [2.75, 3.05) is 0 Å². The lowest BCUT2D eigenvalue weighted by Gasteiger charge is -2.14. The van der Waals surface area contributed by atoms with E-state index in [1.165, 1.54) is 36.0 Å². The standard InChI is InChI=1S/C14H18O/c1-2-5-11-6-4-9-14(11)12-7-3-8-13(15)10-12/h2,5,10H,3-4,6-9H2,1H3/b5-2+. The summed E-state index contributed by atoms with van der Waals surface area (Å²) in [5.41, 5.74) is 4.23. The quantitative estimate of drug-likeness (QED) is 0.667. The molecule has 0 aromatic rings. The smallest absolute Gasteiger partial charge is 0.155 e. The lowest BCUT2D eigenvalue weighted by atomic mass is 9.91. The van der Waals surface area contributed by atoms with Crippen molar-refractivity contribution in [2.45, 2.75) is 45.4 Å². The third-order valence-corrected chi connectivity index (χ3v) is 3.22. The van der Waals surface area contributed by atoms with E-state index < -0.39 is 0 Å². The van der Waals surface area contributed by atoms with Gasteiger partial charge in [0.05, 0.1) is 0 Å². The van der Waals surface area contributed by atoms with Crippen LogP contribution in [0.5, 0.6) is 0 Å². The highest BCUT2D eigenvalue weighted by Crippen LogP contribution is 2.35. The molecule has 0 amide bonds. The number of ketones is 1. The molecule has 0 fully saturated rings. The summed E-state index contributed by atoms with van der Waals surface area (Å²) in [6.45, 7) is 2.06. The van der Waals surface area contributed by atoms with Gasteiger partial charge in [-0.25, -0.2) is 0 Å². The number of hydrogen-bond acceptors (Lipinski definition) is 1. The van der Waals surface area contributed by atoms with E-state index in [4.69, 9.17) is 0 Å². The summed E-state index contributed by atoms with van der Waals surface area (Å²) in [4.78, 5) is 11.4. The second kappa shape index (κ2) is 4.61. The Hall–Kier alpha value is -1.11. The Balaban J connectivity index is 2.28. The summed E-state index contributed by atoms with van der Waals surface area (Å²) in [7, 11) is 0. The van der Waals surface area contributed by atoms with Gasteiger partial charge in [-0.15, -0.1) is 0 Å². The van der Waals surface area contributed by atoms with E-state index in [-0.39, 0.29) is 0 Å². The molecule has 0 heterocycles. The molecule has 0 aliphatic heterocycles. The van der Waals surface area contributed by atoms with Gasteiger partial charge in [0.25, 0.3) is 0 Å². The molecule has 0 aromatic carbocycles. The predicted molar refractivity (Wildman–Crippen MR) is 62.6 cm³/mol. The van der Waals surface area contributed by atoms with Crippen LogP contribution in [0.2, 0.25) is 0 Å². The SMILES string of the molecule is C/C=C/C1=C(C2=CC(=O)CCC2)CCC1. The zero-order chi connectivity index (χ0) is 10.7. The van der Waals surface area contributed by atoms with E-state index in [1.54, 1.807) is 0 Å². The molecule has 0 radical (unpaired) electrons. The summed E-state index contributed by atoms with van der Waals surface area (Å²) in [6, 6.07) is 0. The molecule has 0 unspecified atom stereocenters. The summed E-state index contributed by atoms with van der Waals surface area (Å²) in [5, 5.41) is 0. The van der Waals surface area contributed by atoms with Crippen molar-refractivity contribution in [3.63, 3.8) is 0 Å². The molecular weight excluding hydrogens is 184 g/mol. The Morgan fingerprint density at radius 1 is 1.13 bits per heavy atom. The lowest BCUT2D eigenvalue weighted by molar-refractivity contribution is -0.115. The van der Waals surface area contributed by atoms with Crippen LogP contribution in [-0.4, -0.2) is 5.78 Å². The molecule has 0 aromatic heterocycles. The third kappa shape index (κ3) is 2.28. The first-order chi connectivity index (χ1) is 7.31. The molecule has 0 spiro atoms. The molecule has 80 valence electrons. The van der Waals surface area contributed by atoms with E-state index in [9.17, 15) is 4.79 Å². The zero-order valence-electron chi connectivity index (χ0n) is 9.38. The minimum atomic E-state index is 0.315. The fourth-order valence-electron chi connectivity index (χ4n) is 2.55. The van der Waals surface area contributed by atoms with Crippen LogP contribution in [0.4, 0.5) is 0 Å². The third-order valence-electron chi connectivity index (χ3n) is 3.22. The Bertz CT molecular complexity index is 356. The molecule has 2 aliphatic rings. The van der Waals surface area contributed by atoms with E-state index in [2.05, 4.69) is 19.1 Å². The number of rotatable bonds is 2. The van der Waals surface area contributed by atoms with Crippen molar-refractivity contribution < 1.29 is 4.79 Å². The second-order valence-corrected chi connectivity index (χ2v) is 4.35. The van der Waals surface area contributed by atoms with Crippen molar-refractivity contribution in [2.24, 2.45) is 0 Å². The molecule has 1 nitrogen and oxygen atoms in total. The van der Waals surface area contributed by atoms with Gasteiger partial charge in [0.2, 0.25) is 0 Å². The van der Waals surface area contributed by atoms with Gasteiger partial charge < -0.3 is 0 Å². The molecule has 0 saturated carbocycles. The molecule has 1 heteroatoms. The lowest BCUT2D eigenvalue weighted by Crippen LogP contribution is -2.04. The maximum Gasteiger partial charge on any atom is 0.155 e. The van der Waals surface area contributed by atoms with Crippen LogP contribution in [0, 0.1) is 0 Å². The van der Waals surface area contributed by atoms with Crippen LogP contribution in [0.15, 0.2) is 34.9 Å². The minimum Gasteiger partial charge on any atom is -0.295 e. The van der Waals surface area contributed by atoms with Gasteiger partial charge in [0, 0.05) is 6.42 Å². The molecule has 0 saturated heterocycles. The van der Waals surface area contributed by atoms with Gasteiger partial charge in [-0.3, -0.25) is 4.79 Å². The summed E-state index contributed by atoms with van der Waals surface area (Å²) in [6.07, 6.45) is 12.7. The van der Waals surface area contributed by atoms with Crippen LogP contribution in [0.3, 0.4) is 0 Å². The average Bonchev–Trinajstić information content (AvgIpc) is 2.66. The Morgan fingerprint density at radius 3 is 2.67 bits per heavy atom. The molecule has 15 heavy (non-hydrogen) atoms. The number of hydrogen-bond donors (Lipinski definition) is 0. The Morgan fingerprint density at radius 2 is 1.93 bits per heavy atom. The van der Waals surface area contributed by atoms with Crippen molar-refractivity contribution in [1.82, 2.24) is 0 Å². The highest BCUT2D eigenvalue weighted by Gasteiger charge is 2.19. The predicted octanol–water partition coefficient (Wildman–Crippen LogP) is 3.72. The van der Waals surface area contributed by atoms with Crippen LogP contribution >= 0.6 is 0 Å². The fourth-order valence-corrected chi connectivity index (χ4v) is 2.55. The highest BCUT2D eigenvalue weighted by molar-refractivity contribution is 5.92. The molecule has 2 aliphatic carbocycles. The normalized spacial score (nSPS) is 22.7. The zero-order valence-corrected chi connectivity index (χ0v) is 9.38. The summed E-state index contributed by atoms with van der Waals surface area (Å²) < 4.78 is 0. The molecule has 0 atom stereocenters. The largest absolute Gasteiger partial charge is 0.295 e. The highest BCUT2D eigenvalue weighted by atomic mass is 16.1. The first-order valence-corrected chi connectivity index (χ1v) is 5.90. The Kier molecular flexibility index (Phi) is 3.20. The maximum absolute atomic E-state index is 11.4. The van der Waals surface area contributed by atoms with Crippen molar-refractivity contribution in [3.8, 4) is 0 Å². The fraction of sp³-hybridized carbons (Fsp3) is 0.500. The van der Waals surface area contributed by atoms with E-state index in [0.29, 0.717) is 5.78 Å². The van der Waals surface area contributed by atoms with Gasteiger partial charge >= 0.3 is 0 Å². The van der Waals surface area contributed by atoms with Crippen molar-refractivity contribution in [1.29, 1.82) is 0 Å².